The molecule has 0 atom stereocenters. The average Bonchev–Trinajstić information content (AvgIpc) is 1.59. The number of nitrogens with zero attached hydrogens (tertiary/aromatic N) is 6. The van der Waals surface area contributed by atoms with Crippen LogP contribution in [0.25, 0.3) is 157 Å². The Hall–Kier alpha value is -12.7. The molecule has 0 fully saturated rings. The second kappa shape index (κ2) is 34.2. The number of para-hydroxylation sites is 4. The molecule has 20 rings (SSSR count). The molecule has 0 saturated heterocycles. The summed E-state index contributed by atoms with van der Waals surface area (Å²) in [5.74, 6) is 1.85. The molecule has 0 saturated carbocycles. The molecular weight excluding hydrogens is 1960 g/mol. The van der Waals surface area contributed by atoms with Crippen LogP contribution in [-0.4, -0.2) is 39.3 Å². The van der Waals surface area contributed by atoms with Crippen molar-refractivity contribution in [1.82, 2.24) is 29.1 Å². The Morgan fingerprint density at radius 2 is 0.618 bits per heavy atom. The van der Waals surface area contributed by atoms with E-state index < -0.39 is 0 Å². The summed E-state index contributed by atoms with van der Waals surface area (Å²) in [6, 6.07) is 120. The van der Waals surface area contributed by atoms with Crippen LogP contribution < -0.4 is 0 Å². The number of imidazole rings is 2. The average molecular weight is 2070 g/mol. The maximum atomic E-state index is 12.5. The first kappa shape index (κ1) is 90.2. The van der Waals surface area contributed by atoms with Gasteiger partial charge < -0.3 is 10.2 Å². The van der Waals surface area contributed by atoms with Crippen LogP contribution in [0.1, 0.15) is 180 Å². The standard InChI is InChI=1S/C62H58N3O.C59H52N3O.2Pt/c1-59(2,3)43-35-49(57(66)51(36-43)60(4,5)6)58-64-56-46(28-21-31-55(56)65(58)54-30-20-18-26-45(54)39-22-13-11-14-23-39)40-32-41(34-44(33-40)61(7,8)42-24-15-12-16-25-42)53-37-48-47-27-17-19-29-50(47)62(9,10)52(48)38-63-53;1-57(2,3)42-33-47(55(63)49(34-42)58(4,5)6)56-61-54-44(26-19-29-53(54)62(56)52-28-18-16-24-43(52)38-22-13-10-14-23-38)40-30-39(37-20-11-9-12-21-37)31-41(32-40)51-35-46-45-25-15-17-27-48(45)59(7,8)50(46)36-60-51;;/h11-31,33-38,66H,1-10H3;9-31,33-36,63H,1-8H3;;/q2*-1;;. The summed E-state index contributed by atoms with van der Waals surface area (Å²) in [5, 5.41) is 25.0. The van der Waals surface area contributed by atoms with E-state index in [2.05, 4.69) is 468 Å². The Kier molecular flexibility index (Phi) is 23.6. The fourth-order valence-electron chi connectivity index (χ4n) is 19.5. The van der Waals surface area contributed by atoms with Gasteiger partial charge in [0, 0.05) is 104 Å². The van der Waals surface area contributed by atoms with Gasteiger partial charge in [0.1, 0.15) is 23.1 Å². The largest absolute Gasteiger partial charge is 0.507 e. The second-order valence-electron chi connectivity index (χ2n) is 40.8. The first-order valence-electron chi connectivity index (χ1n) is 45.2. The van der Waals surface area contributed by atoms with Gasteiger partial charge in [0.15, 0.2) is 0 Å². The minimum Gasteiger partial charge on any atom is -0.507 e. The summed E-state index contributed by atoms with van der Waals surface area (Å²) >= 11 is 0. The number of aromatic hydroxyl groups is 2. The number of hydrogen-bond acceptors (Lipinski definition) is 6. The van der Waals surface area contributed by atoms with Crippen molar-refractivity contribution in [3.05, 3.63) is 396 Å². The van der Waals surface area contributed by atoms with Crippen molar-refractivity contribution >= 4 is 22.1 Å². The number of benzene rings is 14. The predicted molar refractivity (Wildman–Crippen MR) is 536 cm³/mol. The maximum absolute atomic E-state index is 12.5. The van der Waals surface area contributed by atoms with Crippen LogP contribution in [0, 0.1) is 12.1 Å². The smallest absolute Gasteiger partial charge is 0.148 e. The van der Waals surface area contributed by atoms with Crippen molar-refractivity contribution in [3.8, 4) is 146 Å². The third-order valence-corrected chi connectivity index (χ3v) is 27.0. The van der Waals surface area contributed by atoms with Crippen LogP contribution in [0.2, 0.25) is 0 Å². The van der Waals surface area contributed by atoms with Crippen LogP contribution in [0.5, 0.6) is 11.5 Å². The Morgan fingerprint density at radius 3 is 1.03 bits per heavy atom. The SMILES string of the molecule is CC(C)(C)c1cc(-c2nc3c(-c4[c-]c(-c5cc6c(cn5)C(C)(C)c5ccccc5-6)cc(-c5ccccc5)c4)cccc3n2-c2ccccc2-c2ccccc2)c(O)c(C(C)(C)C)c1.CC(C)(C)c1cc(-c2nc3c(-c4[c-]c(-c5cc6c(cn5)C(C)(C)c5ccccc5-6)cc(C(C)(C)c5ccccc5)c4)cccc3n2-c2ccccc2-c2ccccc2)c(O)c(C(C)(C)C)c1.[Pt].[Pt]. The van der Waals surface area contributed by atoms with Gasteiger partial charge in [-0.3, -0.25) is 19.1 Å². The minimum atomic E-state index is -0.360. The van der Waals surface area contributed by atoms with Gasteiger partial charge in [-0.1, -0.05) is 407 Å². The molecule has 0 bridgehead atoms. The van der Waals surface area contributed by atoms with Crippen molar-refractivity contribution in [2.24, 2.45) is 0 Å². The van der Waals surface area contributed by atoms with Gasteiger partial charge in [0.25, 0.3) is 0 Å². The number of fused-ring (bicyclic) bond motifs is 8. The molecule has 131 heavy (non-hydrogen) atoms. The molecule has 14 aromatic carbocycles. The van der Waals surface area contributed by atoms with Crippen LogP contribution in [-0.2, 0) is 80.0 Å². The molecule has 0 aliphatic heterocycles. The van der Waals surface area contributed by atoms with E-state index in [1.54, 1.807) is 0 Å². The van der Waals surface area contributed by atoms with Crippen molar-refractivity contribution in [3.63, 3.8) is 0 Å². The monoisotopic (exact) mass is 2070 g/mol. The van der Waals surface area contributed by atoms with Crippen molar-refractivity contribution < 1.29 is 52.3 Å². The van der Waals surface area contributed by atoms with Gasteiger partial charge in [0.05, 0.1) is 44.6 Å². The van der Waals surface area contributed by atoms with E-state index in [9.17, 15) is 10.2 Å². The van der Waals surface area contributed by atoms with Crippen molar-refractivity contribution in [1.29, 1.82) is 0 Å². The molecule has 18 aromatic rings. The van der Waals surface area contributed by atoms with Gasteiger partial charge >= 0.3 is 0 Å². The molecule has 0 unspecified atom stereocenters. The number of phenols is 2. The summed E-state index contributed by atoms with van der Waals surface area (Å²) in [4.78, 5) is 21.7. The summed E-state index contributed by atoms with van der Waals surface area (Å²) in [6.07, 6.45) is 4.15. The van der Waals surface area contributed by atoms with Gasteiger partial charge in [-0.05, 0) is 136 Å². The van der Waals surface area contributed by atoms with Crippen LogP contribution in [0.15, 0.2) is 328 Å². The fraction of sp³-hybridized carbons (Fsp3) is 0.207. The minimum absolute atomic E-state index is 0. The topological polar surface area (TPSA) is 102 Å². The summed E-state index contributed by atoms with van der Waals surface area (Å²) in [5.41, 5.74) is 35.5. The molecule has 0 radical (unpaired) electrons. The van der Waals surface area contributed by atoms with Crippen molar-refractivity contribution in [2.45, 2.75) is 163 Å². The van der Waals surface area contributed by atoms with E-state index >= 15 is 0 Å². The molecule has 10 heteroatoms. The van der Waals surface area contributed by atoms with Gasteiger partial charge in [-0.25, -0.2) is 9.97 Å². The van der Waals surface area contributed by atoms with Crippen LogP contribution in [0.3, 0.4) is 0 Å². The molecule has 4 heterocycles. The summed E-state index contributed by atoms with van der Waals surface area (Å²) in [7, 11) is 0. The number of rotatable bonds is 13. The zero-order chi connectivity index (χ0) is 90.2. The van der Waals surface area contributed by atoms with E-state index in [0.29, 0.717) is 22.8 Å². The molecular formula is C121H110N6O2Pt2-2. The summed E-state index contributed by atoms with van der Waals surface area (Å²) < 4.78 is 4.51. The van der Waals surface area contributed by atoms with Gasteiger partial charge in [-0.2, -0.15) is 0 Å². The zero-order valence-corrected chi connectivity index (χ0v) is 82.4. The molecule has 2 aliphatic carbocycles. The quantitative estimate of drug-likeness (QED) is 0.112. The maximum Gasteiger partial charge on any atom is 0.148 e. The first-order chi connectivity index (χ1) is 61.6. The Bertz CT molecular complexity index is 7440. The third-order valence-electron chi connectivity index (χ3n) is 27.0. The molecule has 8 nitrogen and oxygen atoms in total. The Balaban J connectivity index is 0.000000181. The van der Waals surface area contributed by atoms with E-state index in [0.717, 1.165) is 139 Å². The van der Waals surface area contributed by atoms with E-state index in [1.165, 1.54) is 50.1 Å². The molecule has 2 N–H and O–H groups in total. The van der Waals surface area contributed by atoms with Crippen LogP contribution >= 0.6 is 0 Å². The fourth-order valence-corrected chi connectivity index (χ4v) is 19.5. The predicted octanol–water partition coefficient (Wildman–Crippen LogP) is 31.0. The first-order valence-corrected chi connectivity index (χ1v) is 45.2. The summed E-state index contributed by atoms with van der Waals surface area (Å²) in [6.45, 7) is 40.1. The second-order valence-corrected chi connectivity index (χ2v) is 40.8. The number of aromatic nitrogens is 6. The van der Waals surface area contributed by atoms with Gasteiger partial charge in [-0.15, -0.1) is 53.1 Å². The van der Waals surface area contributed by atoms with E-state index in [1.807, 2.05) is 6.07 Å². The van der Waals surface area contributed by atoms with E-state index in [4.69, 9.17) is 19.9 Å². The van der Waals surface area contributed by atoms with Gasteiger partial charge in [0.2, 0.25) is 0 Å². The third kappa shape index (κ3) is 16.3. The normalized spacial score (nSPS) is 13.2. The molecule has 0 spiro atoms. The number of phenolic OH excluding ortho intramolecular Hbond substituents is 2. The van der Waals surface area contributed by atoms with Crippen LogP contribution in [0.4, 0.5) is 0 Å². The molecule has 2 aliphatic rings. The zero-order valence-electron chi connectivity index (χ0n) is 77.9. The van der Waals surface area contributed by atoms with Crippen molar-refractivity contribution in [2.75, 3.05) is 0 Å². The number of hydrogen-bond donors (Lipinski definition) is 2. The molecule has 658 valence electrons. The van der Waals surface area contributed by atoms with E-state index in [-0.39, 0.29) is 91.5 Å². The Labute approximate surface area is 801 Å². The number of pyridine rings is 2. The Morgan fingerprint density at radius 1 is 0.275 bits per heavy atom. The molecule has 0 amide bonds. The molecule has 4 aromatic heterocycles.